The van der Waals surface area contributed by atoms with Gasteiger partial charge in [-0.25, -0.2) is 0 Å². The van der Waals surface area contributed by atoms with Gasteiger partial charge in [0.05, 0.1) is 5.02 Å². The van der Waals surface area contributed by atoms with Gasteiger partial charge in [0.2, 0.25) is 0 Å². The maximum Gasteiger partial charge on any atom is 0.0551 e. The number of halogens is 2. The van der Waals surface area contributed by atoms with Crippen LogP contribution in [0.3, 0.4) is 0 Å². The van der Waals surface area contributed by atoms with Gasteiger partial charge < -0.3 is 5.32 Å². The first kappa shape index (κ1) is 15.0. The van der Waals surface area contributed by atoms with Crippen LogP contribution >= 0.6 is 27.5 Å². The Morgan fingerprint density at radius 1 is 1.35 bits per heavy atom. The number of hydrogen-bond donors (Lipinski definition) is 1. The second kappa shape index (κ2) is 7.40. The molecule has 0 aliphatic carbocycles. The van der Waals surface area contributed by atoms with Gasteiger partial charge in [-0.3, -0.25) is 0 Å². The summed E-state index contributed by atoms with van der Waals surface area (Å²) in [6, 6.07) is 6.63. The largest absolute Gasteiger partial charge is 0.310 e. The molecule has 2 atom stereocenters. The molecule has 1 N–H and O–H groups in total. The Hall–Kier alpha value is -0.0500. The van der Waals surface area contributed by atoms with Gasteiger partial charge in [0.15, 0.2) is 0 Å². The molecule has 0 saturated heterocycles. The fourth-order valence-corrected chi connectivity index (χ4v) is 2.63. The maximum absolute atomic E-state index is 6.17. The van der Waals surface area contributed by atoms with Gasteiger partial charge in [0, 0.05) is 10.5 Å². The Labute approximate surface area is 118 Å². The average molecular weight is 319 g/mol. The van der Waals surface area contributed by atoms with Crippen LogP contribution in [0.4, 0.5) is 0 Å². The van der Waals surface area contributed by atoms with E-state index in [1.165, 1.54) is 18.4 Å². The quantitative estimate of drug-likeness (QED) is 0.761. The van der Waals surface area contributed by atoms with Crippen molar-refractivity contribution in [1.29, 1.82) is 0 Å². The van der Waals surface area contributed by atoms with Crippen LogP contribution in [0.15, 0.2) is 22.7 Å². The van der Waals surface area contributed by atoms with E-state index >= 15 is 0 Å². The molecule has 0 saturated carbocycles. The average Bonchev–Trinajstić information content (AvgIpc) is 2.30. The summed E-state index contributed by atoms with van der Waals surface area (Å²) in [5.41, 5.74) is 1.28. The number of hydrogen-bond acceptors (Lipinski definition) is 1. The van der Waals surface area contributed by atoms with Gasteiger partial charge in [-0.2, -0.15) is 0 Å². The zero-order chi connectivity index (χ0) is 12.8. The lowest BCUT2D eigenvalue weighted by molar-refractivity contribution is 0.369. The molecule has 17 heavy (non-hydrogen) atoms. The Morgan fingerprint density at radius 2 is 2.06 bits per heavy atom. The molecule has 0 aliphatic rings. The summed E-state index contributed by atoms with van der Waals surface area (Å²) in [4.78, 5) is 0. The SMILES string of the molecule is CCCC(C)C(NCC)c1ccc(Br)c(Cl)c1. The van der Waals surface area contributed by atoms with Crippen LogP contribution in [-0.4, -0.2) is 6.54 Å². The summed E-state index contributed by atoms with van der Waals surface area (Å²) < 4.78 is 0.960. The van der Waals surface area contributed by atoms with Crippen molar-refractivity contribution in [2.45, 2.75) is 39.7 Å². The van der Waals surface area contributed by atoms with Gasteiger partial charge >= 0.3 is 0 Å². The van der Waals surface area contributed by atoms with Crippen molar-refractivity contribution in [2.24, 2.45) is 5.92 Å². The highest BCUT2D eigenvalue weighted by molar-refractivity contribution is 9.10. The minimum atomic E-state index is 0.394. The fourth-order valence-electron chi connectivity index (χ4n) is 2.20. The second-order valence-corrected chi connectivity index (χ2v) is 5.74. The van der Waals surface area contributed by atoms with Gasteiger partial charge in [0.25, 0.3) is 0 Å². The fraction of sp³-hybridized carbons (Fsp3) is 0.571. The predicted octanol–water partition coefficient (Wildman–Crippen LogP) is 5.19. The van der Waals surface area contributed by atoms with E-state index in [1.54, 1.807) is 0 Å². The van der Waals surface area contributed by atoms with Crippen molar-refractivity contribution in [3.8, 4) is 0 Å². The highest BCUT2D eigenvalue weighted by atomic mass is 79.9. The molecule has 0 fully saturated rings. The van der Waals surface area contributed by atoms with Gasteiger partial charge in [0.1, 0.15) is 0 Å². The van der Waals surface area contributed by atoms with Crippen LogP contribution in [0.2, 0.25) is 5.02 Å². The predicted molar refractivity (Wildman–Crippen MR) is 79.6 cm³/mol. The molecule has 0 heterocycles. The van der Waals surface area contributed by atoms with E-state index in [2.05, 4.69) is 54.2 Å². The molecule has 0 spiro atoms. The van der Waals surface area contributed by atoms with Crippen LogP contribution in [0, 0.1) is 5.92 Å². The molecule has 96 valence electrons. The molecule has 1 rings (SSSR count). The lowest BCUT2D eigenvalue weighted by Crippen LogP contribution is -2.26. The van der Waals surface area contributed by atoms with Gasteiger partial charge in [-0.05, 0) is 52.5 Å². The molecule has 0 amide bonds. The molecule has 2 unspecified atom stereocenters. The molecule has 3 heteroatoms. The van der Waals surface area contributed by atoms with Crippen molar-refractivity contribution in [1.82, 2.24) is 5.32 Å². The molecule has 1 aromatic carbocycles. The highest BCUT2D eigenvalue weighted by Crippen LogP contribution is 2.30. The summed E-state index contributed by atoms with van der Waals surface area (Å²) in [6.07, 6.45) is 2.44. The van der Waals surface area contributed by atoms with E-state index in [0.29, 0.717) is 12.0 Å². The monoisotopic (exact) mass is 317 g/mol. The first-order valence-corrected chi connectivity index (χ1v) is 7.45. The van der Waals surface area contributed by atoms with E-state index in [9.17, 15) is 0 Å². The van der Waals surface area contributed by atoms with Crippen LogP contribution in [0.25, 0.3) is 0 Å². The molecular weight excluding hydrogens is 298 g/mol. The van der Waals surface area contributed by atoms with Crippen LogP contribution in [-0.2, 0) is 0 Å². The van der Waals surface area contributed by atoms with Crippen LogP contribution < -0.4 is 5.32 Å². The Bertz CT molecular complexity index is 354. The van der Waals surface area contributed by atoms with Crippen LogP contribution in [0.1, 0.15) is 45.2 Å². The highest BCUT2D eigenvalue weighted by Gasteiger charge is 2.18. The Balaban J connectivity index is 2.92. The van der Waals surface area contributed by atoms with Gasteiger partial charge in [-0.1, -0.05) is 44.9 Å². The van der Waals surface area contributed by atoms with Crippen molar-refractivity contribution >= 4 is 27.5 Å². The third-order valence-corrected chi connectivity index (χ3v) is 4.27. The molecule has 0 aliphatic heterocycles. The number of rotatable bonds is 6. The summed E-state index contributed by atoms with van der Waals surface area (Å²) in [6.45, 7) is 7.65. The maximum atomic E-state index is 6.17. The standard InChI is InChI=1S/C14H21BrClN/c1-4-6-10(3)14(17-5-2)11-7-8-12(15)13(16)9-11/h7-10,14,17H,4-6H2,1-3H3. The summed E-state index contributed by atoms with van der Waals surface area (Å²) in [7, 11) is 0. The minimum Gasteiger partial charge on any atom is -0.310 e. The molecule has 1 nitrogen and oxygen atoms in total. The molecule has 0 radical (unpaired) electrons. The third kappa shape index (κ3) is 4.27. The zero-order valence-electron chi connectivity index (χ0n) is 10.8. The lowest BCUT2D eigenvalue weighted by Gasteiger charge is -2.25. The summed E-state index contributed by atoms with van der Waals surface area (Å²) >= 11 is 9.60. The summed E-state index contributed by atoms with van der Waals surface area (Å²) in [5, 5.41) is 4.34. The van der Waals surface area contributed by atoms with Crippen molar-refractivity contribution in [2.75, 3.05) is 6.54 Å². The second-order valence-electron chi connectivity index (χ2n) is 4.47. The van der Waals surface area contributed by atoms with Crippen molar-refractivity contribution < 1.29 is 0 Å². The zero-order valence-corrected chi connectivity index (χ0v) is 13.1. The van der Waals surface area contributed by atoms with E-state index in [-0.39, 0.29) is 0 Å². The molecule has 0 aromatic heterocycles. The van der Waals surface area contributed by atoms with E-state index in [0.717, 1.165) is 16.0 Å². The lowest BCUT2D eigenvalue weighted by atomic mass is 9.91. The molecular formula is C14H21BrClN. The third-order valence-electron chi connectivity index (χ3n) is 3.04. The summed E-state index contributed by atoms with van der Waals surface area (Å²) in [5.74, 6) is 0.622. The van der Waals surface area contributed by atoms with Crippen molar-refractivity contribution in [3.05, 3.63) is 33.3 Å². The smallest absolute Gasteiger partial charge is 0.0551 e. The topological polar surface area (TPSA) is 12.0 Å². The minimum absolute atomic E-state index is 0.394. The Morgan fingerprint density at radius 3 is 2.59 bits per heavy atom. The first-order valence-electron chi connectivity index (χ1n) is 6.28. The molecule has 0 bridgehead atoms. The van der Waals surface area contributed by atoms with E-state index in [1.807, 2.05) is 6.07 Å². The van der Waals surface area contributed by atoms with Crippen LogP contribution in [0.5, 0.6) is 0 Å². The van der Waals surface area contributed by atoms with Gasteiger partial charge in [-0.15, -0.1) is 0 Å². The Kier molecular flexibility index (Phi) is 6.53. The van der Waals surface area contributed by atoms with Crippen molar-refractivity contribution in [3.63, 3.8) is 0 Å². The van der Waals surface area contributed by atoms with E-state index < -0.39 is 0 Å². The normalized spacial score (nSPS) is 14.6. The number of benzene rings is 1. The molecule has 1 aromatic rings. The van der Waals surface area contributed by atoms with E-state index in [4.69, 9.17) is 11.6 Å². The first-order chi connectivity index (χ1) is 8.10. The number of nitrogens with one attached hydrogen (secondary N) is 1.